The fraction of sp³-hybridized carbons (Fsp3) is 0.167. The van der Waals surface area contributed by atoms with Gasteiger partial charge in [-0.3, -0.25) is 14.4 Å². The van der Waals surface area contributed by atoms with Crippen LogP contribution in [0.15, 0.2) is 52.9 Å². The predicted octanol–water partition coefficient (Wildman–Crippen LogP) is 3.07. The van der Waals surface area contributed by atoms with E-state index in [4.69, 9.17) is 0 Å². The van der Waals surface area contributed by atoms with E-state index in [0.717, 1.165) is 29.0 Å². The Hall–Kier alpha value is -2.85. The third-order valence-corrected chi connectivity index (χ3v) is 7.47. The zero-order chi connectivity index (χ0) is 19.9. The molecule has 1 aliphatic rings. The van der Waals surface area contributed by atoms with Crippen LogP contribution in [0.25, 0.3) is 0 Å². The van der Waals surface area contributed by atoms with Crippen molar-refractivity contribution in [3.05, 3.63) is 65.5 Å². The van der Waals surface area contributed by atoms with Crippen molar-refractivity contribution in [2.75, 3.05) is 9.62 Å². The molecule has 0 bridgehead atoms. The van der Waals surface area contributed by atoms with Crippen molar-refractivity contribution in [3.63, 3.8) is 0 Å². The maximum Gasteiger partial charge on any atom is 0.293 e. The Bertz CT molecular complexity index is 1150. The van der Waals surface area contributed by atoms with Gasteiger partial charge in [-0.25, -0.2) is 4.39 Å². The molecule has 1 amide bonds. The molecule has 1 aromatic heterocycles. The maximum atomic E-state index is 13.1. The van der Waals surface area contributed by atoms with Crippen LogP contribution in [0.1, 0.15) is 22.8 Å². The van der Waals surface area contributed by atoms with Crippen LogP contribution in [0, 0.1) is 5.82 Å². The number of amides is 1. The first-order chi connectivity index (χ1) is 13.4. The van der Waals surface area contributed by atoms with Gasteiger partial charge in [0.2, 0.25) is 5.13 Å². The maximum absolute atomic E-state index is 13.1. The zero-order valence-corrected chi connectivity index (χ0v) is 16.3. The van der Waals surface area contributed by atoms with Crippen molar-refractivity contribution in [1.82, 2.24) is 10.2 Å². The second-order valence-corrected chi connectivity index (χ2v) is 9.28. The number of fused-ring (bicyclic) bond motifs is 1. The molecular formula is C18H15FN4O3S2. The fourth-order valence-electron chi connectivity index (χ4n) is 3.12. The number of hydrogen-bond acceptors (Lipinski definition) is 6. The van der Waals surface area contributed by atoms with E-state index in [-0.39, 0.29) is 21.1 Å². The fourth-order valence-corrected chi connectivity index (χ4v) is 5.79. The van der Waals surface area contributed by atoms with Crippen LogP contribution < -0.4 is 9.62 Å². The lowest BCUT2D eigenvalue weighted by molar-refractivity contribution is 0.102. The average molecular weight is 418 g/mol. The number of rotatable bonds is 4. The number of para-hydroxylation sites is 1. The highest BCUT2D eigenvalue weighted by atomic mass is 32.2. The van der Waals surface area contributed by atoms with Crippen LogP contribution in [0.3, 0.4) is 0 Å². The molecule has 0 aliphatic carbocycles. The molecule has 0 saturated carbocycles. The Labute approximate surface area is 164 Å². The van der Waals surface area contributed by atoms with E-state index in [9.17, 15) is 17.6 Å². The summed E-state index contributed by atoms with van der Waals surface area (Å²) in [6.07, 6.45) is 0.613. The summed E-state index contributed by atoms with van der Waals surface area (Å²) in [6.45, 7) is 1.83. The van der Waals surface area contributed by atoms with E-state index in [0.29, 0.717) is 12.1 Å². The van der Waals surface area contributed by atoms with Crippen molar-refractivity contribution in [2.45, 2.75) is 23.7 Å². The number of benzene rings is 2. The lowest BCUT2D eigenvalue weighted by Crippen LogP contribution is -2.35. The smallest absolute Gasteiger partial charge is 0.293 e. The highest BCUT2D eigenvalue weighted by Crippen LogP contribution is 2.37. The van der Waals surface area contributed by atoms with Crippen LogP contribution in [0.4, 0.5) is 15.2 Å². The molecule has 1 unspecified atom stereocenters. The summed E-state index contributed by atoms with van der Waals surface area (Å²) in [5.74, 6) is -0.985. The molecule has 0 radical (unpaired) electrons. The van der Waals surface area contributed by atoms with Crippen LogP contribution >= 0.6 is 11.3 Å². The van der Waals surface area contributed by atoms with Crippen LogP contribution in [-0.4, -0.2) is 30.6 Å². The third-order valence-electron chi connectivity index (χ3n) is 4.36. The molecule has 10 heteroatoms. The normalized spacial score (nSPS) is 16.1. The summed E-state index contributed by atoms with van der Waals surface area (Å²) in [4.78, 5) is 12.2. The SMILES string of the molecule is CC1Cc2ccccc2N1S(=O)(=O)c1nnc(NC(=O)c2ccc(F)cc2)s1. The molecule has 7 nitrogen and oxygen atoms in total. The summed E-state index contributed by atoms with van der Waals surface area (Å²) in [6, 6.07) is 12.0. The zero-order valence-electron chi connectivity index (χ0n) is 14.7. The number of nitrogens with zero attached hydrogens (tertiary/aromatic N) is 3. The van der Waals surface area contributed by atoms with Gasteiger partial charge >= 0.3 is 0 Å². The Morgan fingerprint density at radius 1 is 1.18 bits per heavy atom. The number of anilines is 2. The number of sulfonamides is 1. The Kier molecular flexibility index (Phi) is 4.60. The molecule has 4 rings (SSSR count). The minimum atomic E-state index is -3.91. The van der Waals surface area contributed by atoms with Crippen molar-refractivity contribution in [3.8, 4) is 0 Å². The van der Waals surface area contributed by atoms with Gasteiger partial charge < -0.3 is 0 Å². The minimum absolute atomic E-state index is 0.0491. The molecule has 0 saturated heterocycles. The Balaban J connectivity index is 1.58. The summed E-state index contributed by atoms with van der Waals surface area (Å²) >= 11 is 0.772. The van der Waals surface area contributed by atoms with Gasteiger partial charge in [0.25, 0.3) is 20.3 Å². The largest absolute Gasteiger partial charge is 0.296 e. The number of aromatic nitrogens is 2. The molecule has 2 aromatic carbocycles. The van der Waals surface area contributed by atoms with Crippen LogP contribution in [0.2, 0.25) is 0 Å². The van der Waals surface area contributed by atoms with Gasteiger partial charge in [0.1, 0.15) is 5.82 Å². The number of hydrogen-bond donors (Lipinski definition) is 1. The molecule has 0 fully saturated rings. The molecule has 2 heterocycles. The van der Waals surface area contributed by atoms with E-state index >= 15 is 0 Å². The minimum Gasteiger partial charge on any atom is -0.296 e. The first-order valence-electron chi connectivity index (χ1n) is 8.39. The van der Waals surface area contributed by atoms with E-state index in [2.05, 4.69) is 15.5 Å². The standard InChI is InChI=1S/C18H15FN4O3S2/c1-11-10-13-4-2-3-5-15(13)23(11)28(25,26)18-22-21-17(27-18)20-16(24)12-6-8-14(19)9-7-12/h2-9,11H,10H2,1H3,(H,20,21,24). The van der Waals surface area contributed by atoms with Gasteiger partial charge in [-0.2, -0.15) is 8.42 Å². The van der Waals surface area contributed by atoms with E-state index < -0.39 is 21.7 Å². The topological polar surface area (TPSA) is 92.3 Å². The lowest BCUT2D eigenvalue weighted by Gasteiger charge is -2.22. The molecule has 0 spiro atoms. The van der Waals surface area contributed by atoms with Gasteiger partial charge in [0, 0.05) is 11.6 Å². The molecule has 3 aromatic rings. The highest BCUT2D eigenvalue weighted by Gasteiger charge is 2.38. The summed E-state index contributed by atoms with van der Waals surface area (Å²) in [5, 5.41) is 10.1. The van der Waals surface area contributed by atoms with Gasteiger partial charge in [-0.05, 0) is 49.2 Å². The van der Waals surface area contributed by atoms with Crippen LogP contribution in [0.5, 0.6) is 0 Å². The summed E-state index contributed by atoms with van der Waals surface area (Å²) in [5.41, 5.74) is 1.80. The summed E-state index contributed by atoms with van der Waals surface area (Å²) < 4.78 is 40.3. The molecule has 1 N–H and O–H groups in total. The van der Waals surface area contributed by atoms with E-state index in [1.165, 1.54) is 16.4 Å². The van der Waals surface area contributed by atoms with Crippen molar-refractivity contribution in [2.24, 2.45) is 0 Å². The van der Waals surface area contributed by atoms with Gasteiger partial charge in [0.05, 0.1) is 5.69 Å². The lowest BCUT2D eigenvalue weighted by atomic mass is 10.1. The molecule has 28 heavy (non-hydrogen) atoms. The van der Waals surface area contributed by atoms with Gasteiger partial charge in [-0.15, -0.1) is 10.2 Å². The monoisotopic (exact) mass is 418 g/mol. The Morgan fingerprint density at radius 2 is 1.89 bits per heavy atom. The predicted molar refractivity (Wildman–Crippen MR) is 104 cm³/mol. The molecular weight excluding hydrogens is 403 g/mol. The second-order valence-electron chi connectivity index (χ2n) is 6.32. The third kappa shape index (κ3) is 3.25. The number of halogens is 1. The first kappa shape index (κ1) is 18.5. The van der Waals surface area contributed by atoms with E-state index in [1.807, 2.05) is 19.1 Å². The second kappa shape index (κ2) is 6.95. The number of carbonyl (C=O) groups is 1. The van der Waals surface area contributed by atoms with Crippen LogP contribution in [-0.2, 0) is 16.4 Å². The van der Waals surface area contributed by atoms with Gasteiger partial charge in [0.15, 0.2) is 0 Å². The average Bonchev–Trinajstić information content (AvgIpc) is 3.26. The number of nitrogens with one attached hydrogen (secondary N) is 1. The Morgan fingerprint density at radius 3 is 2.64 bits per heavy atom. The van der Waals surface area contributed by atoms with Crippen molar-refractivity contribution in [1.29, 1.82) is 0 Å². The van der Waals surface area contributed by atoms with Crippen molar-refractivity contribution >= 4 is 38.1 Å². The first-order valence-corrected chi connectivity index (χ1v) is 10.6. The molecule has 1 aliphatic heterocycles. The van der Waals surface area contributed by atoms with Gasteiger partial charge in [-0.1, -0.05) is 29.5 Å². The molecule has 144 valence electrons. The van der Waals surface area contributed by atoms with Crippen molar-refractivity contribution < 1.29 is 17.6 Å². The number of carbonyl (C=O) groups excluding carboxylic acids is 1. The van der Waals surface area contributed by atoms with E-state index in [1.54, 1.807) is 12.1 Å². The quantitative estimate of drug-likeness (QED) is 0.658. The molecule has 1 atom stereocenters. The highest BCUT2D eigenvalue weighted by molar-refractivity contribution is 7.94. The summed E-state index contributed by atoms with van der Waals surface area (Å²) in [7, 11) is -3.91.